The lowest BCUT2D eigenvalue weighted by Crippen LogP contribution is -2.19. The van der Waals surface area contributed by atoms with Crippen molar-refractivity contribution in [3.63, 3.8) is 0 Å². The van der Waals surface area contributed by atoms with Crippen LogP contribution in [0.25, 0.3) is 6.08 Å². The minimum atomic E-state index is -0.381. The number of benzene rings is 1. The normalized spacial score (nSPS) is 21.2. The topological polar surface area (TPSA) is 55.4 Å². The van der Waals surface area contributed by atoms with E-state index in [0.717, 1.165) is 30.4 Å². The van der Waals surface area contributed by atoms with Gasteiger partial charge in [-0.2, -0.15) is 0 Å². The number of amides is 2. The van der Waals surface area contributed by atoms with Crippen molar-refractivity contribution in [1.29, 1.82) is 0 Å². The van der Waals surface area contributed by atoms with Gasteiger partial charge in [0.1, 0.15) is 5.75 Å². The van der Waals surface area contributed by atoms with Gasteiger partial charge in [-0.1, -0.05) is 18.0 Å². The smallest absolute Gasteiger partial charge is 0.290 e. The van der Waals surface area contributed by atoms with E-state index >= 15 is 0 Å². The van der Waals surface area contributed by atoms with Gasteiger partial charge in [-0.3, -0.25) is 14.9 Å². The number of ether oxygens (including phenoxy) is 1. The highest BCUT2D eigenvalue weighted by atomic mass is 35.5. The van der Waals surface area contributed by atoms with Gasteiger partial charge in [-0.05, 0) is 67.3 Å². The first kappa shape index (κ1) is 15.4. The summed E-state index contributed by atoms with van der Waals surface area (Å²) in [7, 11) is 0. The van der Waals surface area contributed by atoms with Crippen LogP contribution in [-0.2, 0) is 4.79 Å². The highest BCUT2D eigenvalue weighted by Crippen LogP contribution is 2.31. The summed E-state index contributed by atoms with van der Waals surface area (Å²) in [6.07, 6.45) is 7.77. The molecule has 1 aromatic carbocycles. The van der Waals surface area contributed by atoms with Gasteiger partial charge >= 0.3 is 0 Å². The second-order valence-electron chi connectivity index (χ2n) is 5.41. The summed E-state index contributed by atoms with van der Waals surface area (Å²) in [6, 6.07) is 5.43. The van der Waals surface area contributed by atoms with Crippen LogP contribution in [0, 0.1) is 0 Å². The highest BCUT2D eigenvalue weighted by molar-refractivity contribution is 8.18. The van der Waals surface area contributed by atoms with Gasteiger partial charge in [0.2, 0.25) is 0 Å². The van der Waals surface area contributed by atoms with Crippen molar-refractivity contribution in [2.45, 2.75) is 38.2 Å². The van der Waals surface area contributed by atoms with Crippen molar-refractivity contribution in [2.24, 2.45) is 0 Å². The van der Waals surface area contributed by atoms with Crippen molar-refractivity contribution >= 4 is 40.6 Å². The Hall–Kier alpha value is -1.46. The van der Waals surface area contributed by atoms with E-state index in [-0.39, 0.29) is 17.3 Å². The van der Waals surface area contributed by atoms with Crippen molar-refractivity contribution in [2.75, 3.05) is 0 Å². The van der Waals surface area contributed by atoms with Crippen LogP contribution in [-0.4, -0.2) is 17.3 Å². The molecule has 116 valence electrons. The second-order valence-corrected chi connectivity index (χ2v) is 6.84. The molecule has 6 heteroatoms. The van der Waals surface area contributed by atoms with Crippen LogP contribution in [0.15, 0.2) is 23.1 Å². The van der Waals surface area contributed by atoms with Crippen molar-refractivity contribution in [1.82, 2.24) is 5.32 Å². The first-order chi connectivity index (χ1) is 10.6. The van der Waals surface area contributed by atoms with Gasteiger partial charge in [0.05, 0.1) is 16.0 Å². The van der Waals surface area contributed by atoms with Gasteiger partial charge < -0.3 is 4.74 Å². The van der Waals surface area contributed by atoms with Crippen molar-refractivity contribution < 1.29 is 14.3 Å². The zero-order valence-electron chi connectivity index (χ0n) is 11.9. The maximum Gasteiger partial charge on any atom is 0.290 e. The lowest BCUT2D eigenvalue weighted by Gasteiger charge is -2.23. The molecule has 1 aliphatic heterocycles. The number of carbonyl (C=O) groups excluding carboxylic acids is 2. The Morgan fingerprint density at radius 3 is 2.64 bits per heavy atom. The van der Waals surface area contributed by atoms with E-state index in [0.29, 0.717) is 15.5 Å². The zero-order valence-corrected chi connectivity index (χ0v) is 13.5. The molecule has 0 unspecified atom stereocenters. The molecule has 3 rings (SSSR count). The van der Waals surface area contributed by atoms with Gasteiger partial charge in [-0.15, -0.1) is 0 Å². The van der Waals surface area contributed by atoms with E-state index in [4.69, 9.17) is 16.3 Å². The Labute approximate surface area is 138 Å². The highest BCUT2D eigenvalue weighted by Gasteiger charge is 2.25. The third-order valence-electron chi connectivity index (χ3n) is 3.76. The number of hydrogen-bond donors (Lipinski definition) is 1. The average molecular weight is 338 g/mol. The molecule has 2 amide bonds. The molecule has 4 nitrogen and oxygen atoms in total. The standard InChI is InChI=1S/C16H16ClNO3S/c17-13-9-12(21-11-4-2-1-3-5-11)7-6-10(13)8-14-15(19)18-16(20)22-14/h6-9,11H,1-5H2,(H,18,19,20)/b14-8+. The number of hydrogen-bond acceptors (Lipinski definition) is 4. The number of carbonyl (C=O) groups is 2. The van der Waals surface area contributed by atoms with Gasteiger partial charge in [-0.25, -0.2) is 0 Å². The lowest BCUT2D eigenvalue weighted by molar-refractivity contribution is -0.115. The molecule has 1 aliphatic carbocycles. The second kappa shape index (κ2) is 6.75. The summed E-state index contributed by atoms with van der Waals surface area (Å²) >= 11 is 7.14. The fraction of sp³-hybridized carbons (Fsp3) is 0.375. The fourth-order valence-electron chi connectivity index (χ4n) is 2.64. The summed E-state index contributed by atoms with van der Waals surface area (Å²) in [4.78, 5) is 23.0. The molecule has 0 radical (unpaired) electrons. The molecule has 0 atom stereocenters. The van der Waals surface area contributed by atoms with Crippen LogP contribution in [0.5, 0.6) is 5.75 Å². The molecule has 0 bridgehead atoms. The molecule has 2 aliphatic rings. The number of rotatable bonds is 3. The molecule has 1 aromatic rings. The van der Waals surface area contributed by atoms with Crippen LogP contribution < -0.4 is 10.1 Å². The van der Waals surface area contributed by atoms with Crippen LogP contribution in [0.3, 0.4) is 0 Å². The third kappa shape index (κ3) is 3.65. The molecule has 22 heavy (non-hydrogen) atoms. The summed E-state index contributed by atoms with van der Waals surface area (Å²) in [5.74, 6) is 0.368. The quantitative estimate of drug-likeness (QED) is 0.832. The summed E-state index contributed by atoms with van der Waals surface area (Å²) < 4.78 is 5.96. The molecular weight excluding hydrogens is 322 g/mol. The van der Waals surface area contributed by atoms with E-state index in [1.807, 2.05) is 12.1 Å². The maximum atomic E-state index is 11.5. The third-order valence-corrected chi connectivity index (χ3v) is 4.89. The maximum absolute atomic E-state index is 11.5. The van der Waals surface area contributed by atoms with Crippen LogP contribution in [0.2, 0.25) is 5.02 Å². The van der Waals surface area contributed by atoms with Gasteiger partial charge in [0.15, 0.2) is 0 Å². The summed E-state index contributed by atoms with van der Waals surface area (Å²) in [6.45, 7) is 0. The van der Waals surface area contributed by atoms with Crippen LogP contribution >= 0.6 is 23.4 Å². The minimum absolute atomic E-state index is 0.266. The Bertz CT molecular complexity index is 638. The first-order valence-electron chi connectivity index (χ1n) is 7.33. The summed E-state index contributed by atoms with van der Waals surface area (Å²) in [5, 5.41) is 2.37. The van der Waals surface area contributed by atoms with E-state index in [1.165, 1.54) is 19.3 Å². The molecule has 0 aromatic heterocycles. The number of imide groups is 1. The molecule has 0 spiro atoms. The Morgan fingerprint density at radius 2 is 2.00 bits per heavy atom. The lowest BCUT2D eigenvalue weighted by atomic mass is 9.98. The van der Waals surface area contributed by atoms with Crippen molar-refractivity contribution in [3.8, 4) is 5.75 Å². The molecule has 1 heterocycles. The van der Waals surface area contributed by atoms with E-state index in [1.54, 1.807) is 12.1 Å². The number of halogens is 1. The van der Waals surface area contributed by atoms with Crippen LogP contribution in [0.1, 0.15) is 37.7 Å². The average Bonchev–Trinajstić information content (AvgIpc) is 2.81. The summed E-state index contributed by atoms with van der Waals surface area (Å²) in [5.41, 5.74) is 0.699. The van der Waals surface area contributed by atoms with E-state index < -0.39 is 0 Å². The monoisotopic (exact) mass is 337 g/mol. The SMILES string of the molecule is O=C1NC(=O)/C(=C\c2ccc(OC3CCCCC3)cc2Cl)S1. The number of thioether (sulfide) groups is 1. The van der Waals surface area contributed by atoms with Crippen molar-refractivity contribution in [3.05, 3.63) is 33.7 Å². The molecular formula is C16H16ClNO3S. The Balaban J connectivity index is 1.73. The van der Waals surface area contributed by atoms with Crippen LogP contribution in [0.4, 0.5) is 4.79 Å². The van der Waals surface area contributed by atoms with Gasteiger partial charge in [0, 0.05) is 0 Å². The zero-order chi connectivity index (χ0) is 15.5. The molecule has 1 saturated heterocycles. The van der Waals surface area contributed by atoms with E-state index in [9.17, 15) is 9.59 Å². The molecule has 1 N–H and O–H groups in total. The number of nitrogens with one attached hydrogen (secondary N) is 1. The predicted octanol–water partition coefficient (Wildman–Crippen LogP) is 4.38. The van der Waals surface area contributed by atoms with Gasteiger partial charge in [0.25, 0.3) is 11.1 Å². The Morgan fingerprint density at radius 1 is 1.23 bits per heavy atom. The molecule has 2 fully saturated rings. The largest absolute Gasteiger partial charge is 0.490 e. The Kier molecular flexibility index (Phi) is 4.74. The van der Waals surface area contributed by atoms with E-state index in [2.05, 4.69) is 5.32 Å². The first-order valence-corrected chi connectivity index (χ1v) is 8.52. The predicted molar refractivity (Wildman–Crippen MR) is 88.1 cm³/mol. The minimum Gasteiger partial charge on any atom is -0.490 e. The fourth-order valence-corrected chi connectivity index (χ4v) is 3.53. The molecule has 1 saturated carbocycles.